The second-order valence-corrected chi connectivity index (χ2v) is 5.37. The monoisotopic (exact) mass is 271 g/mol. The highest BCUT2D eigenvalue weighted by Gasteiger charge is 2.19. The highest BCUT2D eigenvalue weighted by atomic mass is 127. The Balaban J connectivity index is 2.14. The Morgan fingerprint density at radius 3 is 3.00 bits per heavy atom. The predicted molar refractivity (Wildman–Crippen MR) is 56.7 cm³/mol. The van der Waals surface area contributed by atoms with Crippen LogP contribution in [0, 0.1) is 0 Å². The molecule has 1 rings (SSSR count). The molecule has 0 aromatic heterocycles. The zero-order chi connectivity index (χ0) is 7.40. The van der Waals surface area contributed by atoms with E-state index >= 15 is 0 Å². The van der Waals surface area contributed by atoms with E-state index in [-0.39, 0.29) is 0 Å². The first-order valence-corrected chi connectivity index (χ1v) is 7.31. The molecule has 1 saturated heterocycles. The third-order valence-electron chi connectivity index (χ3n) is 2.20. The van der Waals surface area contributed by atoms with E-state index in [1.54, 1.807) is 0 Å². The van der Waals surface area contributed by atoms with Crippen LogP contribution in [0.1, 0.15) is 19.3 Å². The van der Waals surface area contributed by atoms with Crippen molar-refractivity contribution in [1.29, 1.82) is 0 Å². The molecule has 1 heterocycles. The highest BCUT2D eigenvalue weighted by Crippen LogP contribution is 2.21. The van der Waals surface area contributed by atoms with Gasteiger partial charge < -0.3 is 4.90 Å². The van der Waals surface area contributed by atoms with Crippen molar-refractivity contribution in [3.05, 3.63) is 0 Å². The van der Waals surface area contributed by atoms with Crippen LogP contribution >= 0.6 is 30.1 Å². The fourth-order valence-electron chi connectivity index (χ4n) is 1.52. The summed E-state index contributed by atoms with van der Waals surface area (Å²) in [6, 6.07) is 0.891. The number of likely N-dealkylation sites (tertiary alicyclic amines) is 1. The average molecular weight is 271 g/mol. The molecule has 10 heavy (non-hydrogen) atoms. The Bertz CT molecular complexity index is 99.6. The van der Waals surface area contributed by atoms with Gasteiger partial charge in [0.15, 0.2) is 0 Å². The van der Waals surface area contributed by atoms with Crippen molar-refractivity contribution in [2.75, 3.05) is 19.3 Å². The van der Waals surface area contributed by atoms with E-state index in [1.165, 1.54) is 31.6 Å². The summed E-state index contributed by atoms with van der Waals surface area (Å²) >= 11 is 2.38. The van der Waals surface area contributed by atoms with E-state index < -0.39 is 0 Å². The van der Waals surface area contributed by atoms with Gasteiger partial charge in [-0.1, -0.05) is 8.93 Å². The number of rotatable bonds is 3. The van der Waals surface area contributed by atoms with Gasteiger partial charge in [-0.15, -0.1) is 0 Å². The molecule has 0 spiro atoms. The van der Waals surface area contributed by atoms with Gasteiger partial charge in [-0.2, -0.15) is 0 Å². The molecule has 3 heteroatoms. The number of halogens is 1. The molecule has 1 fully saturated rings. The van der Waals surface area contributed by atoms with Gasteiger partial charge in [0.25, 0.3) is 0 Å². The van der Waals surface area contributed by atoms with Crippen LogP contribution in [0.25, 0.3) is 0 Å². The van der Waals surface area contributed by atoms with Crippen molar-refractivity contribution in [1.82, 2.24) is 4.90 Å². The summed E-state index contributed by atoms with van der Waals surface area (Å²) in [6.07, 6.45) is 4.21. The molecule has 0 radical (unpaired) electrons. The van der Waals surface area contributed by atoms with Crippen LogP contribution < -0.4 is 0 Å². The average Bonchev–Trinajstić information content (AvgIpc) is 2.31. The number of nitrogens with zero attached hydrogens (tertiary/aromatic N) is 1. The largest absolute Gasteiger partial charge is 0.303 e. The third kappa shape index (κ3) is 2.58. The van der Waals surface area contributed by atoms with Crippen LogP contribution in [0.5, 0.6) is 0 Å². The maximum Gasteiger partial charge on any atom is 0.0101 e. The summed E-state index contributed by atoms with van der Waals surface area (Å²) in [5.41, 5.74) is 0. The Kier molecular flexibility index (Phi) is 4.41. The van der Waals surface area contributed by atoms with Crippen LogP contribution in [0.15, 0.2) is 0 Å². The SMILES string of the molecule is CN1CCCC1CCSI. The van der Waals surface area contributed by atoms with Gasteiger partial charge >= 0.3 is 0 Å². The Hall–Kier alpha value is 1.04. The first kappa shape index (κ1) is 9.13. The Morgan fingerprint density at radius 2 is 2.50 bits per heavy atom. The molecule has 1 atom stereocenters. The van der Waals surface area contributed by atoms with Crippen LogP contribution in [-0.2, 0) is 0 Å². The van der Waals surface area contributed by atoms with Gasteiger partial charge in [-0.3, -0.25) is 0 Å². The predicted octanol–water partition coefficient (Wildman–Crippen LogP) is 2.55. The Labute approximate surface area is 79.5 Å². The van der Waals surface area contributed by atoms with Crippen LogP contribution in [0.4, 0.5) is 0 Å². The lowest BCUT2D eigenvalue weighted by Crippen LogP contribution is -2.24. The van der Waals surface area contributed by atoms with Gasteiger partial charge in [0.2, 0.25) is 0 Å². The molecular formula is C7H14INS. The smallest absolute Gasteiger partial charge is 0.0101 e. The summed E-state index contributed by atoms with van der Waals surface area (Å²) in [5.74, 6) is 1.32. The second kappa shape index (κ2) is 4.83. The van der Waals surface area contributed by atoms with Crippen molar-refractivity contribution in [2.45, 2.75) is 25.3 Å². The lowest BCUT2D eigenvalue weighted by Gasteiger charge is -2.17. The molecule has 0 saturated carbocycles. The molecule has 0 amide bonds. The second-order valence-electron chi connectivity index (χ2n) is 2.88. The standard InChI is InChI=1S/C7H14INS/c1-9-5-2-3-7(9)4-6-10-8/h7H,2-6H2,1H3. The number of hydrogen-bond acceptors (Lipinski definition) is 2. The summed E-state index contributed by atoms with van der Waals surface area (Å²) in [6.45, 7) is 1.32. The summed E-state index contributed by atoms with van der Waals surface area (Å²) in [4.78, 5) is 2.49. The molecule has 60 valence electrons. The topological polar surface area (TPSA) is 3.24 Å². The minimum Gasteiger partial charge on any atom is -0.303 e. The van der Waals surface area contributed by atoms with Crippen LogP contribution in [0.2, 0.25) is 0 Å². The molecule has 1 unspecified atom stereocenters. The maximum atomic E-state index is 2.49. The fourth-order valence-corrected chi connectivity index (χ4v) is 2.65. The zero-order valence-corrected chi connectivity index (χ0v) is 9.32. The normalized spacial score (nSPS) is 27.6. The first-order chi connectivity index (χ1) is 4.84. The third-order valence-corrected chi connectivity index (χ3v) is 3.91. The van der Waals surface area contributed by atoms with E-state index in [9.17, 15) is 0 Å². The molecule has 0 bridgehead atoms. The van der Waals surface area contributed by atoms with Gasteiger partial charge in [0.05, 0.1) is 0 Å². The lowest BCUT2D eigenvalue weighted by molar-refractivity contribution is 0.305. The molecule has 1 nitrogen and oxygen atoms in total. The van der Waals surface area contributed by atoms with Gasteiger partial charge in [0.1, 0.15) is 0 Å². The zero-order valence-electron chi connectivity index (χ0n) is 6.35. The van der Waals surface area contributed by atoms with Crippen LogP contribution in [-0.4, -0.2) is 30.3 Å². The lowest BCUT2D eigenvalue weighted by atomic mass is 10.2. The van der Waals surface area contributed by atoms with Crippen molar-refractivity contribution >= 4 is 30.1 Å². The minimum atomic E-state index is 0.891. The molecule has 1 aliphatic rings. The van der Waals surface area contributed by atoms with Crippen molar-refractivity contribution in [3.63, 3.8) is 0 Å². The molecule has 0 aromatic rings. The van der Waals surface area contributed by atoms with Gasteiger partial charge in [0, 0.05) is 11.8 Å². The van der Waals surface area contributed by atoms with Gasteiger partial charge in [-0.25, -0.2) is 0 Å². The molecule has 0 aliphatic carbocycles. The van der Waals surface area contributed by atoms with Crippen molar-refractivity contribution < 1.29 is 0 Å². The molecule has 1 aliphatic heterocycles. The molecule has 0 N–H and O–H groups in total. The fraction of sp³-hybridized carbons (Fsp3) is 1.00. The van der Waals surface area contributed by atoms with E-state index in [4.69, 9.17) is 0 Å². The Morgan fingerprint density at radius 1 is 1.70 bits per heavy atom. The van der Waals surface area contributed by atoms with E-state index in [2.05, 4.69) is 33.2 Å². The maximum absolute atomic E-state index is 2.49. The summed E-state index contributed by atoms with van der Waals surface area (Å²) in [5, 5.41) is 0. The first-order valence-electron chi connectivity index (χ1n) is 3.78. The van der Waals surface area contributed by atoms with Crippen molar-refractivity contribution in [3.8, 4) is 0 Å². The van der Waals surface area contributed by atoms with E-state index in [0.29, 0.717) is 0 Å². The van der Waals surface area contributed by atoms with Gasteiger partial charge in [-0.05, 0) is 54.1 Å². The summed E-state index contributed by atoms with van der Waals surface area (Å²) in [7, 11) is 4.18. The number of hydrogen-bond donors (Lipinski definition) is 0. The molecular weight excluding hydrogens is 257 g/mol. The highest BCUT2D eigenvalue weighted by molar-refractivity contribution is 14.2. The quantitative estimate of drug-likeness (QED) is 0.726. The van der Waals surface area contributed by atoms with Crippen LogP contribution in [0.3, 0.4) is 0 Å². The molecule has 0 aromatic carbocycles. The van der Waals surface area contributed by atoms with E-state index in [1.807, 2.05) is 8.93 Å². The van der Waals surface area contributed by atoms with Crippen molar-refractivity contribution in [2.24, 2.45) is 0 Å². The minimum absolute atomic E-state index is 0.891. The van der Waals surface area contributed by atoms with E-state index in [0.717, 1.165) is 6.04 Å². The summed E-state index contributed by atoms with van der Waals surface area (Å²) < 4.78 is 0.